The molecule has 3 nitrogen and oxygen atoms in total. The Labute approximate surface area is 175 Å². The Hall–Kier alpha value is -2.72. The normalized spacial score (nSPS) is 12.7. The molecule has 0 aliphatic rings. The Bertz CT molecular complexity index is 1090. The van der Waals surface area contributed by atoms with Crippen LogP contribution in [0.1, 0.15) is 44.4 Å². The van der Waals surface area contributed by atoms with Crippen LogP contribution in [0, 0.1) is 0 Å². The molecule has 3 rings (SSSR count). The lowest BCUT2D eigenvalue weighted by atomic mass is 10.0. The number of rotatable bonds is 7. The maximum Gasteiger partial charge on any atom is 0.344 e. The van der Waals surface area contributed by atoms with Crippen LogP contribution in [0.2, 0.25) is 0 Å². The lowest BCUT2D eigenvalue weighted by Gasteiger charge is -2.16. The van der Waals surface area contributed by atoms with Crippen LogP contribution < -0.4 is 5.63 Å². The van der Waals surface area contributed by atoms with Crippen LogP contribution in [0.15, 0.2) is 92.0 Å². The maximum absolute atomic E-state index is 12.8. The largest absolute Gasteiger partial charge is 0.507 e. The quantitative estimate of drug-likeness (QED) is 0.260. The van der Waals surface area contributed by atoms with E-state index in [0.717, 1.165) is 17.7 Å². The fraction of sp³-hybridized carbons (Fsp3) is 0.240. The first-order chi connectivity index (χ1) is 14.0. The molecule has 1 aromatic heterocycles. The average molecular weight is 407 g/mol. The number of thioether (sulfide) groups is 1. The number of hydrogen-bond acceptors (Lipinski definition) is 4. The van der Waals surface area contributed by atoms with Gasteiger partial charge in [-0.2, -0.15) is 0 Å². The Morgan fingerprint density at radius 1 is 1.07 bits per heavy atom. The van der Waals surface area contributed by atoms with E-state index < -0.39 is 5.63 Å². The standard InChI is InChI=1S/C25H26O3S/c1-17(2)10-9-11-18(3)16-22(29-19-12-5-4-6-13-19)23-24(26)20-14-7-8-15-21(20)28-25(23)27/h4-8,10,12-16,22,26H,9,11H2,1-3H3/b18-16+. The van der Waals surface area contributed by atoms with Crippen molar-refractivity contribution < 1.29 is 9.52 Å². The Morgan fingerprint density at radius 2 is 1.76 bits per heavy atom. The van der Waals surface area contributed by atoms with Crippen molar-refractivity contribution in [2.24, 2.45) is 0 Å². The topological polar surface area (TPSA) is 50.4 Å². The van der Waals surface area contributed by atoms with Gasteiger partial charge in [0.05, 0.1) is 16.2 Å². The van der Waals surface area contributed by atoms with E-state index in [4.69, 9.17) is 4.42 Å². The molecule has 150 valence electrons. The van der Waals surface area contributed by atoms with Crippen molar-refractivity contribution in [2.75, 3.05) is 0 Å². The molecule has 0 fully saturated rings. The van der Waals surface area contributed by atoms with Crippen molar-refractivity contribution in [1.82, 2.24) is 0 Å². The van der Waals surface area contributed by atoms with Crippen molar-refractivity contribution in [3.05, 3.63) is 93.9 Å². The molecule has 0 aliphatic heterocycles. The highest BCUT2D eigenvalue weighted by Gasteiger charge is 2.23. The molecule has 0 radical (unpaired) electrons. The molecular formula is C25H26O3S. The molecule has 29 heavy (non-hydrogen) atoms. The van der Waals surface area contributed by atoms with Crippen LogP contribution in [0.25, 0.3) is 11.0 Å². The van der Waals surface area contributed by atoms with Crippen molar-refractivity contribution in [3.8, 4) is 5.75 Å². The third kappa shape index (κ3) is 5.42. The van der Waals surface area contributed by atoms with Gasteiger partial charge in [-0.3, -0.25) is 0 Å². The lowest BCUT2D eigenvalue weighted by Crippen LogP contribution is -2.10. The van der Waals surface area contributed by atoms with Gasteiger partial charge < -0.3 is 9.52 Å². The summed E-state index contributed by atoms with van der Waals surface area (Å²) in [6.07, 6.45) is 6.12. The highest BCUT2D eigenvalue weighted by atomic mass is 32.2. The lowest BCUT2D eigenvalue weighted by molar-refractivity contribution is 0.458. The van der Waals surface area contributed by atoms with E-state index in [1.54, 1.807) is 18.2 Å². The molecule has 0 bridgehead atoms. The van der Waals surface area contributed by atoms with E-state index in [1.807, 2.05) is 36.4 Å². The highest BCUT2D eigenvalue weighted by Crippen LogP contribution is 2.41. The molecule has 0 spiro atoms. The number of fused-ring (bicyclic) bond motifs is 1. The molecule has 2 aromatic carbocycles. The fourth-order valence-electron chi connectivity index (χ4n) is 3.15. The van der Waals surface area contributed by atoms with Gasteiger partial charge in [-0.25, -0.2) is 4.79 Å². The minimum atomic E-state index is -0.497. The predicted octanol–water partition coefficient (Wildman–Crippen LogP) is 7.02. The molecule has 1 unspecified atom stereocenters. The molecule has 1 heterocycles. The predicted molar refractivity (Wildman–Crippen MR) is 122 cm³/mol. The molecule has 1 atom stereocenters. The highest BCUT2D eigenvalue weighted by molar-refractivity contribution is 7.99. The van der Waals surface area contributed by atoms with Gasteiger partial charge in [0, 0.05) is 4.90 Å². The molecule has 0 aliphatic carbocycles. The number of benzene rings is 2. The molecule has 0 saturated heterocycles. The first-order valence-corrected chi connectivity index (χ1v) is 10.6. The van der Waals surface area contributed by atoms with Gasteiger partial charge in [0.25, 0.3) is 0 Å². The van der Waals surface area contributed by atoms with Crippen LogP contribution in [0.5, 0.6) is 5.75 Å². The Kier molecular flexibility index (Phi) is 6.99. The van der Waals surface area contributed by atoms with Gasteiger partial charge in [0.2, 0.25) is 0 Å². The SMILES string of the molecule is CC(C)=CCC/C(C)=C/C(Sc1ccccc1)c1c(O)c2ccccc2oc1=O. The zero-order valence-corrected chi connectivity index (χ0v) is 17.8. The minimum Gasteiger partial charge on any atom is -0.507 e. The van der Waals surface area contributed by atoms with Gasteiger partial charge in [-0.05, 0) is 57.9 Å². The summed E-state index contributed by atoms with van der Waals surface area (Å²) >= 11 is 1.53. The maximum atomic E-state index is 12.8. The summed E-state index contributed by atoms with van der Waals surface area (Å²) in [5.41, 5.74) is 2.65. The Morgan fingerprint density at radius 3 is 2.48 bits per heavy atom. The van der Waals surface area contributed by atoms with Crippen molar-refractivity contribution in [3.63, 3.8) is 0 Å². The molecule has 0 amide bonds. The second-order valence-corrected chi connectivity index (χ2v) is 8.55. The van der Waals surface area contributed by atoms with Gasteiger partial charge in [0.15, 0.2) is 0 Å². The second kappa shape index (κ2) is 9.66. The monoisotopic (exact) mass is 406 g/mol. The van der Waals surface area contributed by atoms with Gasteiger partial charge in [-0.15, -0.1) is 11.8 Å². The van der Waals surface area contributed by atoms with Crippen LogP contribution >= 0.6 is 11.8 Å². The third-order valence-electron chi connectivity index (χ3n) is 4.64. The Balaban J connectivity index is 2.04. The van der Waals surface area contributed by atoms with E-state index in [2.05, 4.69) is 32.9 Å². The van der Waals surface area contributed by atoms with Crippen molar-refractivity contribution in [2.45, 2.75) is 43.8 Å². The zero-order chi connectivity index (χ0) is 20.8. The summed E-state index contributed by atoms with van der Waals surface area (Å²) in [5.74, 6) is -0.00127. The van der Waals surface area contributed by atoms with E-state index in [-0.39, 0.29) is 11.0 Å². The van der Waals surface area contributed by atoms with E-state index in [0.29, 0.717) is 16.5 Å². The van der Waals surface area contributed by atoms with Crippen LogP contribution in [0.4, 0.5) is 0 Å². The number of allylic oxidation sites excluding steroid dienone is 3. The molecule has 1 N–H and O–H groups in total. The van der Waals surface area contributed by atoms with E-state index in [1.165, 1.54) is 22.9 Å². The van der Waals surface area contributed by atoms with Crippen LogP contribution in [0.3, 0.4) is 0 Å². The number of aromatic hydroxyl groups is 1. The van der Waals surface area contributed by atoms with Gasteiger partial charge in [-0.1, -0.05) is 53.6 Å². The van der Waals surface area contributed by atoms with E-state index in [9.17, 15) is 9.90 Å². The van der Waals surface area contributed by atoms with E-state index >= 15 is 0 Å². The summed E-state index contributed by atoms with van der Waals surface area (Å²) in [7, 11) is 0. The third-order valence-corrected chi connectivity index (χ3v) is 5.81. The van der Waals surface area contributed by atoms with Crippen molar-refractivity contribution >= 4 is 22.7 Å². The zero-order valence-electron chi connectivity index (χ0n) is 17.0. The second-order valence-electron chi connectivity index (χ2n) is 7.33. The smallest absolute Gasteiger partial charge is 0.344 e. The van der Waals surface area contributed by atoms with Crippen LogP contribution in [-0.4, -0.2) is 5.11 Å². The summed E-state index contributed by atoms with van der Waals surface area (Å²) in [6, 6.07) is 17.0. The first kappa shape index (κ1) is 21.0. The summed E-state index contributed by atoms with van der Waals surface area (Å²) in [4.78, 5) is 13.8. The number of hydrogen-bond donors (Lipinski definition) is 1. The first-order valence-electron chi connectivity index (χ1n) is 9.72. The fourth-order valence-corrected chi connectivity index (χ4v) is 4.38. The molecular weight excluding hydrogens is 380 g/mol. The molecule has 0 saturated carbocycles. The van der Waals surface area contributed by atoms with Crippen molar-refractivity contribution in [1.29, 1.82) is 0 Å². The summed E-state index contributed by atoms with van der Waals surface area (Å²) in [6.45, 7) is 6.24. The average Bonchev–Trinajstić information content (AvgIpc) is 2.68. The van der Waals surface area contributed by atoms with Gasteiger partial charge in [0.1, 0.15) is 11.3 Å². The minimum absolute atomic E-state index is 0.00127. The molecule has 4 heteroatoms. The molecule has 3 aromatic rings. The number of para-hydroxylation sites is 1. The van der Waals surface area contributed by atoms with Gasteiger partial charge >= 0.3 is 5.63 Å². The summed E-state index contributed by atoms with van der Waals surface area (Å²) < 4.78 is 5.52. The summed E-state index contributed by atoms with van der Waals surface area (Å²) in [5, 5.41) is 11.1. The van der Waals surface area contributed by atoms with Crippen LogP contribution in [-0.2, 0) is 0 Å².